The van der Waals surface area contributed by atoms with Gasteiger partial charge in [-0.1, -0.05) is 26.0 Å². The van der Waals surface area contributed by atoms with E-state index in [0.717, 1.165) is 5.56 Å². The molecule has 0 aromatic heterocycles. The molecule has 1 aliphatic rings. The van der Waals surface area contributed by atoms with E-state index in [1.807, 2.05) is 38.9 Å². The smallest absolute Gasteiger partial charge is 0.245 e. The molecule has 2 amide bonds. The molecule has 128 valence electrons. The lowest BCUT2D eigenvalue weighted by Crippen LogP contribution is -2.72. The number of likely N-dealkylation sites (N-methyl/N-ethyl adjacent to an activating group) is 1. The minimum atomic E-state index is -0.937. The topological polar surface area (TPSA) is 61.4 Å². The van der Waals surface area contributed by atoms with Gasteiger partial charge in [0, 0.05) is 19.9 Å². The predicted molar refractivity (Wildman–Crippen MR) is 88.3 cm³/mol. The zero-order valence-electron chi connectivity index (χ0n) is 14.4. The average molecular weight is 323 g/mol. The summed E-state index contributed by atoms with van der Waals surface area (Å²) in [5.74, 6) is -0.544. The molecule has 23 heavy (non-hydrogen) atoms. The Hall–Kier alpha value is -1.95. The number of halogens is 1. The molecule has 6 heteroatoms. The first kappa shape index (κ1) is 19.1. The van der Waals surface area contributed by atoms with Crippen LogP contribution in [0.1, 0.15) is 32.3 Å². The molecule has 0 bridgehead atoms. The second kappa shape index (κ2) is 7.55. The van der Waals surface area contributed by atoms with Crippen LogP contribution in [0.25, 0.3) is 0 Å². The fourth-order valence-corrected chi connectivity index (χ4v) is 3.18. The number of carbonyl (C=O) groups excluding carboxylic acids is 2. The van der Waals surface area contributed by atoms with Crippen LogP contribution in [0.5, 0.6) is 0 Å². The quantitative estimate of drug-likeness (QED) is 0.810. The van der Waals surface area contributed by atoms with E-state index in [4.69, 9.17) is 0 Å². The summed E-state index contributed by atoms with van der Waals surface area (Å²) in [5, 5.41) is 5.21. The lowest BCUT2D eigenvalue weighted by molar-refractivity contribution is -0.143. The zero-order valence-corrected chi connectivity index (χ0v) is 14.4. The van der Waals surface area contributed by atoms with E-state index in [2.05, 4.69) is 10.6 Å². The molecule has 1 aromatic carbocycles. The molecule has 0 unspecified atom stereocenters. The molecule has 5 nitrogen and oxygen atoms in total. The first-order chi connectivity index (χ1) is 10.9. The zero-order chi connectivity index (χ0) is 17.7. The lowest BCUT2D eigenvalue weighted by Gasteiger charge is -2.58. The summed E-state index contributed by atoms with van der Waals surface area (Å²) in [4.78, 5) is 24.9. The molecule has 0 spiro atoms. The first-order valence-corrected chi connectivity index (χ1v) is 7.77. The van der Waals surface area contributed by atoms with Gasteiger partial charge in [0.15, 0.2) is 0 Å². The van der Waals surface area contributed by atoms with Crippen LogP contribution >= 0.6 is 0 Å². The van der Waals surface area contributed by atoms with Crippen LogP contribution in [0.4, 0.5) is 4.39 Å². The van der Waals surface area contributed by atoms with Gasteiger partial charge in [-0.15, -0.1) is 0 Å². The molecular weight excluding hydrogens is 297 g/mol. The Morgan fingerprint density at radius 2 is 1.91 bits per heavy atom. The molecule has 0 aliphatic heterocycles. The maximum absolute atomic E-state index is 13.5. The van der Waals surface area contributed by atoms with Crippen LogP contribution in [-0.4, -0.2) is 43.9 Å². The van der Waals surface area contributed by atoms with Crippen molar-refractivity contribution < 1.29 is 14.0 Å². The van der Waals surface area contributed by atoms with E-state index in [0.29, 0.717) is 19.3 Å². The normalized spacial score (nSPS) is 25.7. The Balaban J connectivity index is 0.00000127. The van der Waals surface area contributed by atoms with Crippen molar-refractivity contribution in [1.29, 1.82) is 0 Å². The Bertz CT molecular complexity index is 555. The highest BCUT2D eigenvalue weighted by atomic mass is 19.1. The van der Waals surface area contributed by atoms with Crippen LogP contribution in [0.3, 0.4) is 0 Å². The highest BCUT2D eigenvalue weighted by molar-refractivity contribution is 5.90. The van der Waals surface area contributed by atoms with Crippen molar-refractivity contribution in [3.63, 3.8) is 0 Å². The second-order valence-electron chi connectivity index (χ2n) is 5.71. The molecule has 1 aliphatic carbocycles. The Morgan fingerprint density at radius 3 is 2.35 bits per heavy atom. The summed E-state index contributed by atoms with van der Waals surface area (Å²) in [6.07, 6.45) is 1.34. The van der Waals surface area contributed by atoms with Crippen LogP contribution in [0.15, 0.2) is 24.3 Å². The highest BCUT2D eigenvalue weighted by Gasteiger charge is 2.60. The van der Waals surface area contributed by atoms with Crippen LogP contribution < -0.4 is 10.6 Å². The van der Waals surface area contributed by atoms with Gasteiger partial charge in [0.2, 0.25) is 12.3 Å². The van der Waals surface area contributed by atoms with Gasteiger partial charge in [-0.05, 0) is 31.8 Å². The van der Waals surface area contributed by atoms with Gasteiger partial charge in [0.05, 0.1) is 5.54 Å². The standard InChI is InChI=1S/C15H20FN3O2.C2H6/c1-17-13(21)14(18-10-20)8-15(9-14,19(2)3)11-5-4-6-12(16)7-11;1-2/h4-7,10H,8-9H2,1-3H3,(H,17,21)(H,18,20);1-2H3. The minimum absolute atomic E-state index is 0.233. The molecule has 0 radical (unpaired) electrons. The molecule has 0 atom stereocenters. The molecule has 1 fully saturated rings. The number of hydrogen-bond donors (Lipinski definition) is 2. The Kier molecular flexibility index (Phi) is 6.27. The van der Waals surface area contributed by atoms with Gasteiger partial charge >= 0.3 is 0 Å². The van der Waals surface area contributed by atoms with Crippen molar-refractivity contribution in [3.8, 4) is 0 Å². The van der Waals surface area contributed by atoms with Gasteiger partial charge in [0.1, 0.15) is 11.4 Å². The summed E-state index contributed by atoms with van der Waals surface area (Å²) < 4.78 is 13.5. The molecule has 2 rings (SSSR count). The molecule has 1 saturated carbocycles. The fourth-order valence-electron chi connectivity index (χ4n) is 3.18. The molecule has 1 aromatic rings. The van der Waals surface area contributed by atoms with Crippen molar-refractivity contribution in [2.45, 2.75) is 37.8 Å². The lowest BCUT2D eigenvalue weighted by atomic mass is 9.58. The van der Waals surface area contributed by atoms with E-state index < -0.39 is 11.1 Å². The summed E-state index contributed by atoms with van der Waals surface area (Å²) in [5.41, 5.74) is -0.600. The maximum atomic E-state index is 13.5. The van der Waals surface area contributed by atoms with E-state index in [-0.39, 0.29) is 11.7 Å². The molecule has 0 heterocycles. The average Bonchev–Trinajstić information content (AvgIpc) is 2.51. The summed E-state index contributed by atoms with van der Waals surface area (Å²) >= 11 is 0. The van der Waals surface area contributed by atoms with Crippen molar-refractivity contribution in [2.75, 3.05) is 21.1 Å². The number of benzene rings is 1. The molecule has 0 saturated heterocycles. The third kappa shape index (κ3) is 3.37. The van der Waals surface area contributed by atoms with Crippen molar-refractivity contribution >= 4 is 12.3 Å². The van der Waals surface area contributed by atoms with Gasteiger partial charge in [0.25, 0.3) is 0 Å². The summed E-state index contributed by atoms with van der Waals surface area (Å²) in [6, 6.07) is 6.37. The van der Waals surface area contributed by atoms with Gasteiger partial charge < -0.3 is 10.6 Å². The molecule has 2 N–H and O–H groups in total. The third-order valence-electron chi connectivity index (χ3n) is 4.40. The second-order valence-corrected chi connectivity index (χ2v) is 5.71. The van der Waals surface area contributed by atoms with E-state index in [1.54, 1.807) is 6.07 Å². The minimum Gasteiger partial charge on any atom is -0.357 e. The number of nitrogens with one attached hydrogen (secondary N) is 2. The number of carbonyl (C=O) groups is 2. The predicted octanol–water partition coefficient (Wildman–Crippen LogP) is 1.63. The summed E-state index contributed by atoms with van der Waals surface area (Å²) in [7, 11) is 5.31. The summed E-state index contributed by atoms with van der Waals surface area (Å²) in [6.45, 7) is 4.00. The number of amides is 2. The largest absolute Gasteiger partial charge is 0.357 e. The Morgan fingerprint density at radius 1 is 1.30 bits per heavy atom. The van der Waals surface area contributed by atoms with Crippen molar-refractivity contribution in [1.82, 2.24) is 15.5 Å². The number of nitrogens with zero attached hydrogens (tertiary/aromatic N) is 1. The van der Waals surface area contributed by atoms with Gasteiger partial charge in [-0.2, -0.15) is 0 Å². The van der Waals surface area contributed by atoms with Gasteiger partial charge in [-0.25, -0.2) is 4.39 Å². The monoisotopic (exact) mass is 323 g/mol. The van der Waals surface area contributed by atoms with E-state index in [1.165, 1.54) is 19.2 Å². The van der Waals surface area contributed by atoms with Crippen molar-refractivity contribution in [3.05, 3.63) is 35.6 Å². The van der Waals surface area contributed by atoms with Crippen LogP contribution in [0, 0.1) is 5.82 Å². The van der Waals surface area contributed by atoms with Gasteiger partial charge in [-0.3, -0.25) is 14.5 Å². The van der Waals surface area contributed by atoms with E-state index in [9.17, 15) is 14.0 Å². The van der Waals surface area contributed by atoms with Crippen molar-refractivity contribution in [2.24, 2.45) is 0 Å². The molecular formula is C17H26FN3O2. The number of hydrogen-bond acceptors (Lipinski definition) is 3. The maximum Gasteiger partial charge on any atom is 0.245 e. The SMILES string of the molecule is CC.CNC(=O)C1(NC=O)CC(c2cccc(F)c2)(N(C)C)C1. The van der Waals surface area contributed by atoms with Crippen LogP contribution in [-0.2, 0) is 15.1 Å². The number of rotatable bonds is 5. The van der Waals surface area contributed by atoms with Crippen LogP contribution in [0.2, 0.25) is 0 Å². The fraction of sp³-hybridized carbons (Fsp3) is 0.529. The third-order valence-corrected chi connectivity index (χ3v) is 4.40. The van der Waals surface area contributed by atoms with E-state index >= 15 is 0 Å². The first-order valence-electron chi connectivity index (χ1n) is 7.77. The Labute approximate surface area is 137 Å². The highest BCUT2D eigenvalue weighted by Crippen LogP contribution is 2.51.